The lowest BCUT2D eigenvalue weighted by Gasteiger charge is -2.32. The molecule has 0 radical (unpaired) electrons. The molecule has 0 bridgehead atoms. The zero-order valence-corrected chi connectivity index (χ0v) is 17.1. The van der Waals surface area contributed by atoms with Crippen LogP contribution in [0.3, 0.4) is 0 Å². The van der Waals surface area contributed by atoms with Crippen molar-refractivity contribution >= 4 is 40.1 Å². The summed E-state index contributed by atoms with van der Waals surface area (Å²) >= 11 is 1.45. The Hall–Kier alpha value is -1.64. The Morgan fingerprint density at radius 3 is 2.27 bits per heavy atom. The van der Waals surface area contributed by atoms with Crippen LogP contribution in [0.4, 0.5) is 9.93 Å². The fraction of sp³-hybridized carbons (Fsp3) is 0.556. The first-order chi connectivity index (χ1) is 11.9. The largest absolute Gasteiger partial charge is 0.717 e. The molecule has 3 rings (SSSR count). The average molecular weight is 376 g/mol. The van der Waals surface area contributed by atoms with Crippen LogP contribution in [0.2, 0.25) is 0 Å². The van der Waals surface area contributed by atoms with E-state index in [1.165, 1.54) is 11.3 Å². The van der Waals surface area contributed by atoms with Crippen molar-refractivity contribution in [2.45, 2.75) is 65.2 Å². The average Bonchev–Trinajstić information content (AvgIpc) is 2.94. The first-order valence-corrected chi connectivity index (χ1v) is 9.44. The van der Waals surface area contributed by atoms with E-state index in [1.807, 2.05) is 72.7 Å². The van der Waals surface area contributed by atoms with E-state index in [2.05, 4.69) is 4.98 Å². The van der Waals surface area contributed by atoms with Gasteiger partial charge in [-0.25, -0.2) is 14.7 Å². The van der Waals surface area contributed by atoms with E-state index in [1.54, 1.807) is 4.90 Å². The molecule has 0 aliphatic carbocycles. The van der Waals surface area contributed by atoms with Crippen LogP contribution < -0.4 is 4.90 Å². The Morgan fingerprint density at radius 2 is 1.73 bits per heavy atom. The molecule has 0 atom stereocenters. The Bertz CT molecular complexity index is 779. The van der Waals surface area contributed by atoms with Gasteiger partial charge in [-0.1, -0.05) is 23.5 Å². The number of hydrogen-bond donors (Lipinski definition) is 0. The quantitative estimate of drug-likeness (QED) is 0.716. The molecule has 8 heteroatoms. The van der Waals surface area contributed by atoms with E-state index in [9.17, 15) is 4.79 Å². The van der Waals surface area contributed by atoms with Crippen molar-refractivity contribution in [3.8, 4) is 0 Å². The third-order valence-corrected chi connectivity index (χ3v) is 5.78. The van der Waals surface area contributed by atoms with Crippen molar-refractivity contribution in [1.29, 1.82) is 0 Å². The maximum Gasteiger partial charge on any atom is 0.717 e. The second-order valence-corrected chi connectivity index (χ2v) is 9.41. The van der Waals surface area contributed by atoms with E-state index in [0.717, 1.165) is 10.2 Å². The number of thiazole rings is 1. The summed E-state index contributed by atoms with van der Waals surface area (Å²) < 4.78 is 18.1. The molecule has 1 amide bonds. The van der Waals surface area contributed by atoms with E-state index in [0.29, 0.717) is 5.13 Å². The summed E-state index contributed by atoms with van der Waals surface area (Å²) in [5, 5.41) is 0.584. The molecule has 2 aromatic rings. The Labute approximate surface area is 158 Å². The monoisotopic (exact) mass is 376 g/mol. The summed E-state index contributed by atoms with van der Waals surface area (Å²) in [6.07, 6.45) is -0.546. The van der Waals surface area contributed by atoms with Crippen LogP contribution in [0.1, 0.15) is 48.5 Å². The molecule has 1 saturated heterocycles. The summed E-state index contributed by atoms with van der Waals surface area (Å²) in [7, 11) is -1.05. The normalized spacial score (nSPS) is 19.0. The van der Waals surface area contributed by atoms with Crippen LogP contribution in [0, 0.1) is 0 Å². The van der Waals surface area contributed by atoms with Gasteiger partial charge in [0.25, 0.3) is 0 Å². The smallest absolute Gasteiger partial charge is 0.468 e. The van der Waals surface area contributed by atoms with Crippen molar-refractivity contribution in [2.75, 3.05) is 4.90 Å². The minimum atomic E-state index is -1.05. The Morgan fingerprint density at radius 1 is 1.15 bits per heavy atom. The third-order valence-electron chi connectivity index (χ3n) is 4.76. The molecule has 1 aromatic heterocycles. The van der Waals surface area contributed by atoms with Gasteiger partial charge >= 0.3 is 13.4 Å². The molecule has 1 aromatic carbocycles. The van der Waals surface area contributed by atoms with E-state index < -0.39 is 30.2 Å². The van der Waals surface area contributed by atoms with Gasteiger partial charge < -0.3 is 14.0 Å². The van der Waals surface area contributed by atoms with Crippen molar-refractivity contribution < 1.29 is 18.8 Å². The number of para-hydroxylation sites is 1. The maximum atomic E-state index is 13.0. The number of rotatable bonds is 2. The fourth-order valence-electron chi connectivity index (χ4n) is 2.57. The number of amides is 1. The lowest BCUT2D eigenvalue weighted by Crippen LogP contribution is -2.48. The Kier molecular flexibility index (Phi) is 4.57. The molecule has 6 nitrogen and oxygen atoms in total. The molecule has 1 aliphatic rings. The van der Waals surface area contributed by atoms with Crippen molar-refractivity contribution in [1.82, 2.24) is 4.98 Å². The van der Waals surface area contributed by atoms with Gasteiger partial charge in [-0.15, -0.1) is 0 Å². The molecule has 1 fully saturated rings. The summed E-state index contributed by atoms with van der Waals surface area (Å²) in [5.41, 5.74) is -0.805. The number of anilines is 1. The zero-order chi connectivity index (χ0) is 19.3. The number of carbonyl (C=O) groups excluding carboxylic acids is 1. The molecule has 0 spiro atoms. The van der Waals surface area contributed by atoms with E-state index in [4.69, 9.17) is 14.0 Å². The van der Waals surface area contributed by atoms with Crippen LogP contribution in [-0.4, -0.2) is 35.1 Å². The topological polar surface area (TPSA) is 60.9 Å². The summed E-state index contributed by atoms with van der Waals surface area (Å²) in [6, 6.07) is 7.79. The molecule has 26 heavy (non-hydrogen) atoms. The second-order valence-electron chi connectivity index (χ2n) is 8.40. The number of aromatic nitrogens is 1. The third kappa shape index (κ3) is 3.45. The molecular formula is C18H25BN2O4S. The number of carbonyl (C=O) groups is 1. The zero-order valence-electron chi connectivity index (χ0n) is 16.3. The first kappa shape index (κ1) is 19.1. The second kappa shape index (κ2) is 6.21. The lowest BCUT2D eigenvalue weighted by molar-refractivity contribution is 0.00578. The molecule has 140 valence electrons. The van der Waals surface area contributed by atoms with Crippen LogP contribution in [0.5, 0.6) is 0 Å². The minimum absolute atomic E-state index is 0.519. The maximum absolute atomic E-state index is 13.0. The summed E-state index contributed by atoms with van der Waals surface area (Å²) in [5.74, 6) is 0. The Balaban J connectivity index is 1.86. The predicted octanol–water partition coefficient (Wildman–Crippen LogP) is 4.63. The van der Waals surface area contributed by atoms with Crippen molar-refractivity contribution in [3.05, 3.63) is 24.3 Å². The van der Waals surface area contributed by atoms with Gasteiger partial charge in [0.2, 0.25) is 0 Å². The highest BCUT2D eigenvalue weighted by Crippen LogP contribution is 2.38. The summed E-state index contributed by atoms with van der Waals surface area (Å²) in [4.78, 5) is 19.1. The molecular weight excluding hydrogens is 351 g/mol. The standard InChI is InChI=1S/C18H25BN2O4S/c1-16(2,3)21(14-20-12-10-8-9-11-13(12)26-14)15(22)23-19-24-17(4,5)18(6,7)25-19/h8-11H,1-7H3. The predicted molar refractivity (Wildman–Crippen MR) is 104 cm³/mol. The SMILES string of the molecule is CC(C)(C)N(C(=O)OB1OC(C)(C)C(C)(C)O1)c1nc2ccccc2s1. The number of nitrogens with zero attached hydrogens (tertiary/aromatic N) is 2. The van der Waals surface area contributed by atoms with E-state index in [-0.39, 0.29) is 0 Å². The lowest BCUT2D eigenvalue weighted by atomic mass is 9.90. The molecule has 0 N–H and O–H groups in total. The highest BCUT2D eigenvalue weighted by molar-refractivity contribution is 7.22. The van der Waals surface area contributed by atoms with Crippen LogP contribution in [-0.2, 0) is 14.0 Å². The number of fused-ring (bicyclic) bond motifs is 1. The van der Waals surface area contributed by atoms with Gasteiger partial charge in [0.05, 0.1) is 21.4 Å². The highest BCUT2D eigenvalue weighted by Gasteiger charge is 2.55. The van der Waals surface area contributed by atoms with Crippen LogP contribution >= 0.6 is 11.3 Å². The van der Waals surface area contributed by atoms with Crippen molar-refractivity contribution in [2.24, 2.45) is 0 Å². The molecule has 0 unspecified atom stereocenters. The van der Waals surface area contributed by atoms with Crippen LogP contribution in [0.25, 0.3) is 10.2 Å². The van der Waals surface area contributed by atoms with Gasteiger partial charge in [-0.05, 0) is 60.6 Å². The van der Waals surface area contributed by atoms with E-state index >= 15 is 0 Å². The fourth-order valence-corrected chi connectivity index (χ4v) is 3.71. The minimum Gasteiger partial charge on any atom is -0.468 e. The number of hydrogen-bond acceptors (Lipinski definition) is 6. The molecule has 1 aliphatic heterocycles. The van der Waals surface area contributed by atoms with Gasteiger partial charge in [-0.2, -0.15) is 0 Å². The first-order valence-electron chi connectivity index (χ1n) is 8.63. The molecule has 0 saturated carbocycles. The molecule has 2 heterocycles. The highest BCUT2D eigenvalue weighted by atomic mass is 32.1. The van der Waals surface area contributed by atoms with Gasteiger partial charge in [-0.3, -0.25) is 0 Å². The number of benzene rings is 1. The van der Waals surface area contributed by atoms with Crippen LogP contribution in [0.15, 0.2) is 24.3 Å². The summed E-state index contributed by atoms with van der Waals surface area (Å²) in [6.45, 7) is 13.5. The van der Waals surface area contributed by atoms with Crippen molar-refractivity contribution in [3.63, 3.8) is 0 Å². The van der Waals surface area contributed by atoms with Gasteiger partial charge in [0, 0.05) is 5.54 Å². The van der Waals surface area contributed by atoms with Gasteiger partial charge in [0.15, 0.2) is 5.13 Å². The van der Waals surface area contributed by atoms with Gasteiger partial charge in [0.1, 0.15) is 0 Å².